The number of ether oxygens (including phenoxy) is 1. The number of rotatable bonds is 6. The van der Waals surface area contributed by atoms with Gasteiger partial charge in [-0.05, 0) is 18.6 Å². The van der Waals surface area contributed by atoms with Crippen LogP contribution in [0.4, 0.5) is 13.2 Å². The second-order valence-electron chi connectivity index (χ2n) is 4.16. The lowest BCUT2D eigenvalue weighted by Crippen LogP contribution is -2.31. The molecule has 1 unspecified atom stereocenters. The summed E-state index contributed by atoms with van der Waals surface area (Å²) in [6.07, 6.45) is -2.78. The molecule has 0 radical (unpaired) electrons. The van der Waals surface area contributed by atoms with Gasteiger partial charge in [0.05, 0.1) is 11.6 Å². The van der Waals surface area contributed by atoms with Gasteiger partial charge < -0.3 is 10.5 Å². The summed E-state index contributed by atoms with van der Waals surface area (Å²) in [6.45, 7) is 1.94. The first-order valence-electron chi connectivity index (χ1n) is 5.99. The molecule has 1 rings (SSSR count). The molecule has 0 aliphatic rings. The van der Waals surface area contributed by atoms with Crippen LogP contribution < -0.4 is 10.5 Å². The predicted molar refractivity (Wildman–Crippen MR) is 65.0 cm³/mol. The highest BCUT2D eigenvalue weighted by molar-refractivity contribution is 6.02. The Balaban J connectivity index is 2.90. The van der Waals surface area contributed by atoms with Crippen molar-refractivity contribution in [1.82, 2.24) is 0 Å². The van der Waals surface area contributed by atoms with Gasteiger partial charge in [0, 0.05) is 0 Å². The Morgan fingerprint density at radius 1 is 1.37 bits per heavy atom. The highest BCUT2D eigenvalue weighted by Crippen LogP contribution is 2.27. The first-order valence-corrected chi connectivity index (χ1v) is 5.99. The van der Waals surface area contributed by atoms with Crippen LogP contribution in [0.25, 0.3) is 0 Å². The Hall–Kier alpha value is -1.56. The minimum absolute atomic E-state index is 0.136. The molecule has 1 atom stereocenters. The standard InChI is InChI=1S/C13H16F3NO2/c1-2-3-7-10(17)12(18)9-6-4-5-8-11(9)19-13(14,15)16/h4-6,8,10H,2-3,7,17H2,1H3. The number of benzene rings is 1. The number of carbonyl (C=O) groups is 1. The molecule has 0 aromatic heterocycles. The number of hydrogen-bond donors (Lipinski definition) is 1. The van der Waals surface area contributed by atoms with Crippen molar-refractivity contribution in [2.45, 2.75) is 38.6 Å². The third kappa shape index (κ3) is 4.90. The third-order valence-electron chi connectivity index (χ3n) is 2.58. The molecule has 0 amide bonds. The van der Waals surface area contributed by atoms with Gasteiger partial charge in [0.15, 0.2) is 5.78 Å². The third-order valence-corrected chi connectivity index (χ3v) is 2.58. The molecule has 6 heteroatoms. The highest BCUT2D eigenvalue weighted by Gasteiger charge is 2.33. The van der Waals surface area contributed by atoms with Crippen molar-refractivity contribution in [3.05, 3.63) is 29.8 Å². The molecule has 0 aliphatic carbocycles. The minimum Gasteiger partial charge on any atom is -0.405 e. The lowest BCUT2D eigenvalue weighted by Gasteiger charge is -2.15. The van der Waals surface area contributed by atoms with E-state index in [0.717, 1.165) is 18.9 Å². The molecule has 0 bridgehead atoms. The number of ketones is 1. The molecular weight excluding hydrogens is 259 g/mol. The summed E-state index contributed by atoms with van der Waals surface area (Å²) in [7, 11) is 0. The van der Waals surface area contributed by atoms with Crippen molar-refractivity contribution in [1.29, 1.82) is 0 Å². The largest absolute Gasteiger partial charge is 0.573 e. The van der Waals surface area contributed by atoms with Crippen LogP contribution in [-0.4, -0.2) is 18.2 Å². The van der Waals surface area contributed by atoms with Gasteiger partial charge in [-0.1, -0.05) is 31.9 Å². The number of alkyl halides is 3. The fourth-order valence-electron chi connectivity index (χ4n) is 1.64. The maximum atomic E-state index is 12.2. The van der Waals surface area contributed by atoms with Gasteiger partial charge in [0.25, 0.3) is 0 Å². The van der Waals surface area contributed by atoms with E-state index in [4.69, 9.17) is 5.73 Å². The number of unbranched alkanes of at least 4 members (excludes halogenated alkanes) is 1. The minimum atomic E-state index is -4.83. The zero-order valence-corrected chi connectivity index (χ0v) is 10.5. The van der Waals surface area contributed by atoms with Crippen molar-refractivity contribution in [3.8, 4) is 5.75 Å². The van der Waals surface area contributed by atoms with Crippen LogP contribution in [-0.2, 0) is 0 Å². The second kappa shape index (κ2) is 6.56. The van der Waals surface area contributed by atoms with Gasteiger partial charge in [0.1, 0.15) is 5.75 Å². The summed E-state index contributed by atoms with van der Waals surface area (Å²) in [5.74, 6) is -1.04. The molecule has 106 valence electrons. The summed E-state index contributed by atoms with van der Waals surface area (Å²) in [6, 6.07) is 4.43. The van der Waals surface area contributed by atoms with Crippen molar-refractivity contribution in [2.75, 3.05) is 0 Å². The van der Waals surface area contributed by atoms with Gasteiger partial charge >= 0.3 is 6.36 Å². The predicted octanol–water partition coefficient (Wildman–Crippen LogP) is 3.29. The maximum absolute atomic E-state index is 12.2. The number of carbonyl (C=O) groups excluding carboxylic acids is 1. The first kappa shape index (κ1) is 15.5. The van der Waals surface area contributed by atoms with Gasteiger partial charge in [-0.3, -0.25) is 4.79 Å². The Kier molecular flexibility index (Phi) is 5.35. The van der Waals surface area contributed by atoms with E-state index in [1.165, 1.54) is 18.2 Å². The van der Waals surface area contributed by atoms with Gasteiger partial charge in [-0.25, -0.2) is 0 Å². The molecule has 0 spiro atoms. The number of Topliss-reactive ketones (excluding diaryl/α,β-unsaturated/α-hetero) is 1. The van der Waals surface area contributed by atoms with E-state index in [2.05, 4.69) is 4.74 Å². The van der Waals surface area contributed by atoms with Gasteiger partial charge in [-0.2, -0.15) is 0 Å². The number of hydrogen-bond acceptors (Lipinski definition) is 3. The van der Waals surface area contributed by atoms with Crippen LogP contribution in [0.5, 0.6) is 5.75 Å². The van der Waals surface area contributed by atoms with Gasteiger partial charge in [0.2, 0.25) is 0 Å². The Morgan fingerprint density at radius 3 is 2.58 bits per heavy atom. The van der Waals surface area contributed by atoms with E-state index in [1.54, 1.807) is 0 Å². The van der Waals surface area contributed by atoms with E-state index in [-0.39, 0.29) is 5.56 Å². The van der Waals surface area contributed by atoms with Crippen LogP contribution in [0.3, 0.4) is 0 Å². The van der Waals surface area contributed by atoms with Crippen LogP contribution in [0.1, 0.15) is 36.5 Å². The smallest absolute Gasteiger partial charge is 0.405 e. The Bertz CT molecular complexity index is 432. The number of halogens is 3. The van der Waals surface area contributed by atoms with Crippen LogP contribution in [0.2, 0.25) is 0 Å². The monoisotopic (exact) mass is 275 g/mol. The zero-order chi connectivity index (χ0) is 14.5. The van der Waals surface area contributed by atoms with Crippen molar-refractivity contribution >= 4 is 5.78 Å². The molecule has 0 saturated heterocycles. The molecule has 0 heterocycles. The number of para-hydroxylation sites is 1. The van der Waals surface area contributed by atoms with Crippen LogP contribution in [0, 0.1) is 0 Å². The molecule has 0 fully saturated rings. The van der Waals surface area contributed by atoms with Crippen LogP contribution >= 0.6 is 0 Å². The summed E-state index contributed by atoms with van der Waals surface area (Å²) in [5.41, 5.74) is 5.55. The first-order chi connectivity index (χ1) is 8.85. The average molecular weight is 275 g/mol. The van der Waals surface area contributed by atoms with E-state index >= 15 is 0 Å². The van der Waals surface area contributed by atoms with E-state index < -0.39 is 23.9 Å². The Labute approximate surface area is 109 Å². The normalized spacial score (nSPS) is 13.1. The highest BCUT2D eigenvalue weighted by atomic mass is 19.4. The summed E-state index contributed by atoms with van der Waals surface area (Å²) < 4.78 is 40.5. The molecule has 1 aromatic rings. The lowest BCUT2D eigenvalue weighted by atomic mass is 9.99. The summed E-state index contributed by atoms with van der Waals surface area (Å²) in [4.78, 5) is 12.0. The molecule has 0 saturated carbocycles. The lowest BCUT2D eigenvalue weighted by molar-refractivity contribution is -0.274. The van der Waals surface area contributed by atoms with Crippen molar-refractivity contribution in [3.63, 3.8) is 0 Å². The number of nitrogens with two attached hydrogens (primary N) is 1. The quantitative estimate of drug-likeness (QED) is 0.810. The zero-order valence-electron chi connectivity index (χ0n) is 10.5. The van der Waals surface area contributed by atoms with Gasteiger partial charge in [-0.15, -0.1) is 13.2 Å². The van der Waals surface area contributed by atoms with E-state index in [9.17, 15) is 18.0 Å². The average Bonchev–Trinajstić information content (AvgIpc) is 2.34. The summed E-state index contributed by atoms with van der Waals surface area (Å²) >= 11 is 0. The fraction of sp³-hybridized carbons (Fsp3) is 0.462. The molecule has 19 heavy (non-hydrogen) atoms. The van der Waals surface area contributed by atoms with E-state index in [1.807, 2.05) is 6.92 Å². The van der Waals surface area contributed by atoms with Crippen molar-refractivity contribution in [2.24, 2.45) is 5.73 Å². The fourth-order valence-corrected chi connectivity index (χ4v) is 1.64. The maximum Gasteiger partial charge on any atom is 0.573 e. The topological polar surface area (TPSA) is 52.3 Å². The Morgan fingerprint density at radius 2 is 2.00 bits per heavy atom. The molecule has 1 aromatic carbocycles. The SMILES string of the molecule is CCCCC(N)C(=O)c1ccccc1OC(F)(F)F. The summed E-state index contributed by atoms with van der Waals surface area (Å²) in [5, 5.41) is 0. The molecule has 2 N–H and O–H groups in total. The van der Waals surface area contributed by atoms with Crippen LogP contribution in [0.15, 0.2) is 24.3 Å². The second-order valence-corrected chi connectivity index (χ2v) is 4.16. The molecule has 3 nitrogen and oxygen atoms in total. The molecular formula is C13H16F3NO2. The van der Waals surface area contributed by atoms with E-state index in [0.29, 0.717) is 6.42 Å². The molecule has 0 aliphatic heterocycles. The van der Waals surface area contributed by atoms with Crippen molar-refractivity contribution < 1.29 is 22.7 Å².